The highest BCUT2D eigenvalue weighted by atomic mass is 35.5. The summed E-state index contributed by atoms with van der Waals surface area (Å²) in [5.41, 5.74) is 3.36. The molecule has 9 heteroatoms. The summed E-state index contributed by atoms with van der Waals surface area (Å²) in [4.78, 5) is 12.5. The molecule has 0 fully saturated rings. The van der Waals surface area contributed by atoms with E-state index in [0.29, 0.717) is 51.5 Å². The van der Waals surface area contributed by atoms with Crippen molar-refractivity contribution in [1.29, 1.82) is 0 Å². The number of carbonyl (C=O) groups is 1. The molecule has 0 unspecified atom stereocenters. The SMILES string of the molecule is CCOc1c(Cl)cc(/C=N\NC(=O)c2cc(OC)c(OC)c(OC)c2)cc1OC. The fourth-order valence-electron chi connectivity index (χ4n) is 2.54. The third kappa shape index (κ3) is 5.23. The van der Waals surface area contributed by atoms with Crippen molar-refractivity contribution >= 4 is 23.7 Å². The van der Waals surface area contributed by atoms with E-state index in [-0.39, 0.29) is 0 Å². The van der Waals surface area contributed by atoms with Gasteiger partial charge in [-0.25, -0.2) is 5.43 Å². The van der Waals surface area contributed by atoms with Crippen LogP contribution in [0.3, 0.4) is 0 Å². The average molecular weight is 423 g/mol. The predicted octanol–water partition coefficient (Wildman–Crippen LogP) is 3.54. The second-order valence-corrected chi connectivity index (χ2v) is 5.99. The van der Waals surface area contributed by atoms with E-state index < -0.39 is 5.91 Å². The van der Waals surface area contributed by atoms with E-state index in [4.69, 9.17) is 35.3 Å². The smallest absolute Gasteiger partial charge is 0.271 e. The maximum Gasteiger partial charge on any atom is 0.271 e. The highest BCUT2D eigenvalue weighted by molar-refractivity contribution is 6.32. The number of nitrogens with zero attached hydrogens (tertiary/aromatic N) is 1. The lowest BCUT2D eigenvalue weighted by Crippen LogP contribution is -2.18. The van der Waals surface area contributed by atoms with Crippen LogP contribution in [0.25, 0.3) is 0 Å². The summed E-state index contributed by atoms with van der Waals surface area (Å²) in [6.07, 6.45) is 1.44. The zero-order valence-corrected chi connectivity index (χ0v) is 17.6. The predicted molar refractivity (Wildman–Crippen MR) is 110 cm³/mol. The van der Waals surface area contributed by atoms with Gasteiger partial charge in [-0.1, -0.05) is 11.6 Å². The van der Waals surface area contributed by atoms with Crippen LogP contribution in [0.5, 0.6) is 28.7 Å². The summed E-state index contributed by atoms with van der Waals surface area (Å²) in [6.45, 7) is 2.30. The van der Waals surface area contributed by atoms with E-state index >= 15 is 0 Å². The van der Waals surface area contributed by atoms with Crippen molar-refractivity contribution in [3.63, 3.8) is 0 Å². The molecule has 0 heterocycles. The van der Waals surface area contributed by atoms with Crippen LogP contribution < -0.4 is 29.1 Å². The van der Waals surface area contributed by atoms with Crippen LogP contribution in [-0.2, 0) is 0 Å². The topological polar surface area (TPSA) is 87.6 Å². The maximum absolute atomic E-state index is 12.5. The highest BCUT2D eigenvalue weighted by Gasteiger charge is 2.17. The normalized spacial score (nSPS) is 10.6. The third-order valence-electron chi connectivity index (χ3n) is 3.85. The Bertz CT molecular complexity index is 876. The zero-order chi connectivity index (χ0) is 21.4. The molecule has 0 saturated heterocycles. The van der Waals surface area contributed by atoms with E-state index in [1.54, 1.807) is 12.1 Å². The van der Waals surface area contributed by atoms with Crippen molar-refractivity contribution in [2.45, 2.75) is 6.92 Å². The molecule has 29 heavy (non-hydrogen) atoms. The Kier molecular flexibility index (Phi) is 7.97. The lowest BCUT2D eigenvalue weighted by Gasteiger charge is -2.13. The standard InChI is InChI=1S/C20H23ClN2O6/c1-6-29-18-14(21)7-12(8-15(18)25-2)11-22-23-20(24)13-9-16(26-3)19(28-5)17(10-13)27-4/h7-11H,6H2,1-5H3,(H,23,24)/b22-11-. The number of carbonyl (C=O) groups excluding carboxylic acids is 1. The van der Waals surface area contributed by atoms with Gasteiger partial charge in [-0.2, -0.15) is 5.10 Å². The average Bonchev–Trinajstić information content (AvgIpc) is 2.73. The minimum Gasteiger partial charge on any atom is -0.493 e. The van der Waals surface area contributed by atoms with Crippen LogP contribution in [0.1, 0.15) is 22.8 Å². The second-order valence-electron chi connectivity index (χ2n) is 5.58. The number of hydrazone groups is 1. The first kappa shape index (κ1) is 22.2. The fourth-order valence-corrected chi connectivity index (χ4v) is 2.81. The molecule has 1 N–H and O–H groups in total. The third-order valence-corrected chi connectivity index (χ3v) is 4.13. The lowest BCUT2D eigenvalue weighted by atomic mass is 10.1. The Balaban J connectivity index is 2.21. The van der Waals surface area contributed by atoms with Crippen molar-refractivity contribution < 1.29 is 28.5 Å². The van der Waals surface area contributed by atoms with Gasteiger partial charge in [-0.3, -0.25) is 4.79 Å². The Morgan fingerprint density at radius 2 is 1.55 bits per heavy atom. The van der Waals surface area contributed by atoms with Gasteiger partial charge in [0, 0.05) is 5.56 Å². The van der Waals surface area contributed by atoms with Gasteiger partial charge in [0.05, 0.1) is 46.3 Å². The van der Waals surface area contributed by atoms with E-state index in [1.807, 2.05) is 6.92 Å². The molecule has 2 rings (SSSR count). The van der Waals surface area contributed by atoms with Crippen LogP contribution in [0.15, 0.2) is 29.4 Å². The van der Waals surface area contributed by atoms with Gasteiger partial charge in [-0.15, -0.1) is 0 Å². The minimum atomic E-state index is -0.454. The van der Waals surface area contributed by atoms with Gasteiger partial charge in [0.1, 0.15) is 0 Å². The lowest BCUT2D eigenvalue weighted by molar-refractivity contribution is 0.0954. The number of hydrogen-bond donors (Lipinski definition) is 1. The highest BCUT2D eigenvalue weighted by Crippen LogP contribution is 2.38. The Morgan fingerprint density at radius 3 is 2.07 bits per heavy atom. The molecule has 156 valence electrons. The van der Waals surface area contributed by atoms with Crippen molar-refractivity contribution in [3.05, 3.63) is 40.4 Å². The first-order valence-corrected chi connectivity index (χ1v) is 9.00. The molecule has 0 atom stereocenters. The molecule has 0 spiro atoms. The van der Waals surface area contributed by atoms with Gasteiger partial charge in [0.25, 0.3) is 5.91 Å². The number of ether oxygens (including phenoxy) is 5. The second kappa shape index (κ2) is 10.4. The van der Waals surface area contributed by atoms with Gasteiger partial charge < -0.3 is 23.7 Å². The molecule has 0 radical (unpaired) electrons. The zero-order valence-electron chi connectivity index (χ0n) is 16.9. The Hall–Kier alpha value is -3.13. The number of benzene rings is 2. The molecule has 2 aromatic carbocycles. The number of nitrogens with one attached hydrogen (secondary N) is 1. The molecule has 0 aliphatic carbocycles. The molecule has 1 amide bonds. The van der Waals surface area contributed by atoms with E-state index in [0.717, 1.165) is 0 Å². The first-order chi connectivity index (χ1) is 14.0. The monoisotopic (exact) mass is 422 g/mol. The molecular formula is C20H23ClN2O6. The van der Waals surface area contributed by atoms with Crippen LogP contribution >= 0.6 is 11.6 Å². The van der Waals surface area contributed by atoms with Crippen LogP contribution in [0.4, 0.5) is 0 Å². The number of methoxy groups -OCH3 is 4. The van der Waals surface area contributed by atoms with Crippen molar-refractivity contribution in [2.75, 3.05) is 35.0 Å². The Labute approximate surface area is 174 Å². The van der Waals surface area contributed by atoms with E-state index in [1.165, 1.54) is 46.8 Å². The molecule has 0 aliphatic rings. The largest absolute Gasteiger partial charge is 0.493 e. The van der Waals surface area contributed by atoms with Gasteiger partial charge in [0.15, 0.2) is 23.0 Å². The molecular weight excluding hydrogens is 400 g/mol. The molecule has 0 bridgehead atoms. The molecule has 0 aliphatic heterocycles. The summed E-state index contributed by atoms with van der Waals surface area (Å²) in [5.74, 6) is 1.59. The Morgan fingerprint density at radius 1 is 0.966 bits per heavy atom. The van der Waals surface area contributed by atoms with Gasteiger partial charge >= 0.3 is 0 Å². The maximum atomic E-state index is 12.5. The van der Waals surface area contributed by atoms with Crippen LogP contribution in [0.2, 0.25) is 5.02 Å². The fraction of sp³-hybridized carbons (Fsp3) is 0.300. The number of amides is 1. The minimum absolute atomic E-state index is 0.291. The van der Waals surface area contributed by atoms with E-state index in [2.05, 4.69) is 10.5 Å². The van der Waals surface area contributed by atoms with Crippen molar-refractivity contribution in [2.24, 2.45) is 5.10 Å². The summed E-state index contributed by atoms with van der Waals surface area (Å²) in [6, 6.07) is 6.42. The summed E-state index contributed by atoms with van der Waals surface area (Å²) in [7, 11) is 5.95. The summed E-state index contributed by atoms with van der Waals surface area (Å²) < 4.78 is 26.5. The van der Waals surface area contributed by atoms with Gasteiger partial charge in [-0.05, 0) is 36.8 Å². The summed E-state index contributed by atoms with van der Waals surface area (Å²) >= 11 is 6.23. The molecule has 8 nitrogen and oxygen atoms in total. The van der Waals surface area contributed by atoms with E-state index in [9.17, 15) is 4.79 Å². The molecule has 0 aromatic heterocycles. The molecule has 0 saturated carbocycles. The quantitative estimate of drug-likeness (QED) is 0.491. The molecule has 2 aromatic rings. The number of rotatable bonds is 9. The number of halogens is 1. The van der Waals surface area contributed by atoms with Crippen LogP contribution in [-0.4, -0.2) is 47.2 Å². The first-order valence-electron chi connectivity index (χ1n) is 8.62. The van der Waals surface area contributed by atoms with Gasteiger partial charge in [0.2, 0.25) is 5.75 Å². The van der Waals surface area contributed by atoms with Crippen molar-refractivity contribution in [3.8, 4) is 28.7 Å². The number of hydrogen-bond acceptors (Lipinski definition) is 7. The summed E-state index contributed by atoms with van der Waals surface area (Å²) in [5, 5.41) is 4.35. The van der Waals surface area contributed by atoms with Crippen molar-refractivity contribution in [1.82, 2.24) is 5.43 Å². The van der Waals surface area contributed by atoms with Crippen LogP contribution in [0, 0.1) is 0 Å².